The third kappa shape index (κ3) is 3.13. The Hall–Kier alpha value is -1.12. The van der Waals surface area contributed by atoms with Gasteiger partial charge in [0.05, 0.1) is 0 Å². The predicted octanol–water partition coefficient (Wildman–Crippen LogP) is 5.44. The zero-order chi connectivity index (χ0) is 20.2. The van der Waals surface area contributed by atoms with Gasteiger partial charge in [0.2, 0.25) is 0 Å². The van der Waals surface area contributed by atoms with Crippen molar-refractivity contribution >= 4 is 11.6 Å². The number of fused-ring (bicyclic) bond motifs is 5. The molecule has 3 nitrogen and oxygen atoms in total. The third-order valence-corrected chi connectivity index (χ3v) is 10.2. The standard InChI is InChI=1S/C26H39NO2/c1-25-13-11-21-19(16-27-24-15-18(28)10-12-26(21,24)2)20(25)8-9-22(25)23(29)14-17-6-4-3-5-7-17/h15,17,19-22,27H,3-14,16H2,1-2H3/t19?,20?,21?,22-,25+,26-/m1/s1. The summed E-state index contributed by atoms with van der Waals surface area (Å²) in [4.78, 5) is 25.4. The van der Waals surface area contributed by atoms with Gasteiger partial charge in [-0.15, -0.1) is 0 Å². The van der Waals surface area contributed by atoms with Crippen LogP contribution in [0.3, 0.4) is 0 Å². The highest BCUT2D eigenvalue weighted by molar-refractivity contribution is 5.91. The van der Waals surface area contributed by atoms with Crippen LogP contribution in [-0.2, 0) is 9.59 Å². The summed E-state index contributed by atoms with van der Waals surface area (Å²) in [6.45, 7) is 5.87. The van der Waals surface area contributed by atoms with Crippen molar-refractivity contribution in [3.8, 4) is 0 Å². The molecule has 0 aromatic carbocycles. The van der Waals surface area contributed by atoms with Crippen LogP contribution in [0.2, 0.25) is 0 Å². The second kappa shape index (κ2) is 7.24. The molecule has 0 radical (unpaired) electrons. The van der Waals surface area contributed by atoms with E-state index in [1.807, 2.05) is 6.08 Å². The lowest BCUT2D eigenvalue weighted by atomic mass is 9.49. The first-order valence-electron chi connectivity index (χ1n) is 12.4. The van der Waals surface area contributed by atoms with Crippen LogP contribution < -0.4 is 5.32 Å². The van der Waals surface area contributed by atoms with E-state index in [1.165, 1.54) is 57.1 Å². The van der Waals surface area contributed by atoms with E-state index >= 15 is 0 Å². The highest BCUT2D eigenvalue weighted by Gasteiger charge is 2.60. The van der Waals surface area contributed by atoms with Gasteiger partial charge in [-0.25, -0.2) is 0 Å². The highest BCUT2D eigenvalue weighted by atomic mass is 16.1. The monoisotopic (exact) mass is 397 g/mol. The van der Waals surface area contributed by atoms with E-state index in [0.29, 0.717) is 47.6 Å². The maximum absolute atomic E-state index is 13.4. The fraction of sp³-hybridized carbons (Fsp3) is 0.846. The van der Waals surface area contributed by atoms with Crippen LogP contribution in [-0.4, -0.2) is 18.1 Å². The molecule has 3 unspecified atom stereocenters. The van der Waals surface area contributed by atoms with Gasteiger partial charge in [0.1, 0.15) is 5.78 Å². The topological polar surface area (TPSA) is 46.2 Å². The molecule has 0 amide bonds. The summed E-state index contributed by atoms with van der Waals surface area (Å²) in [6, 6.07) is 0. The van der Waals surface area contributed by atoms with E-state index in [1.54, 1.807) is 0 Å². The number of hydrogen-bond acceptors (Lipinski definition) is 3. The average Bonchev–Trinajstić information content (AvgIpc) is 3.06. The number of hydrogen-bond donors (Lipinski definition) is 1. The molecular weight excluding hydrogens is 358 g/mol. The summed E-state index contributed by atoms with van der Waals surface area (Å²) >= 11 is 0. The van der Waals surface area contributed by atoms with Gasteiger partial charge < -0.3 is 5.32 Å². The van der Waals surface area contributed by atoms with Crippen molar-refractivity contribution in [2.24, 2.45) is 40.4 Å². The molecule has 1 N–H and O–H groups in total. The minimum atomic E-state index is 0.141. The van der Waals surface area contributed by atoms with Crippen LogP contribution in [0, 0.1) is 40.4 Å². The Morgan fingerprint density at radius 3 is 2.62 bits per heavy atom. The summed E-state index contributed by atoms with van der Waals surface area (Å²) in [5, 5.41) is 3.69. The lowest BCUT2D eigenvalue weighted by Gasteiger charge is -2.58. The molecule has 0 aromatic heterocycles. The third-order valence-electron chi connectivity index (χ3n) is 10.2. The Morgan fingerprint density at radius 1 is 1.03 bits per heavy atom. The van der Waals surface area contributed by atoms with E-state index in [9.17, 15) is 9.59 Å². The molecule has 5 aliphatic rings. The molecular formula is C26H39NO2. The van der Waals surface area contributed by atoms with Crippen LogP contribution in [0.15, 0.2) is 11.8 Å². The van der Waals surface area contributed by atoms with Crippen LogP contribution in [0.1, 0.15) is 90.9 Å². The van der Waals surface area contributed by atoms with Crippen LogP contribution in [0.5, 0.6) is 0 Å². The van der Waals surface area contributed by atoms with E-state index < -0.39 is 0 Å². The second-order valence-corrected chi connectivity index (χ2v) is 11.5. The van der Waals surface area contributed by atoms with Crippen molar-refractivity contribution in [1.82, 2.24) is 5.32 Å². The molecule has 29 heavy (non-hydrogen) atoms. The van der Waals surface area contributed by atoms with E-state index in [4.69, 9.17) is 0 Å². The van der Waals surface area contributed by atoms with Gasteiger partial charge in [-0.1, -0.05) is 46.0 Å². The Bertz CT molecular complexity index is 720. The lowest BCUT2D eigenvalue weighted by Crippen LogP contribution is -2.57. The SMILES string of the molecule is C[C@]12CCC(=O)C=C1NCC1C2CC[C@@]2(C)C1CC[C@@H]2C(=O)CC1CCCCC1. The van der Waals surface area contributed by atoms with Gasteiger partial charge in [0.25, 0.3) is 0 Å². The molecule has 4 fully saturated rings. The number of nitrogens with one attached hydrogen (secondary N) is 1. The summed E-state index contributed by atoms with van der Waals surface area (Å²) in [6.07, 6.45) is 15.8. The largest absolute Gasteiger partial charge is 0.387 e. The summed E-state index contributed by atoms with van der Waals surface area (Å²) < 4.78 is 0. The molecule has 0 spiro atoms. The Morgan fingerprint density at radius 2 is 1.83 bits per heavy atom. The van der Waals surface area contributed by atoms with Crippen LogP contribution in [0.4, 0.5) is 0 Å². The van der Waals surface area contributed by atoms with E-state index in [2.05, 4.69) is 19.2 Å². The minimum Gasteiger partial charge on any atom is -0.387 e. The molecule has 4 aliphatic carbocycles. The molecule has 1 heterocycles. The zero-order valence-corrected chi connectivity index (χ0v) is 18.5. The zero-order valence-electron chi connectivity index (χ0n) is 18.5. The first-order chi connectivity index (χ1) is 13.9. The molecule has 1 aliphatic heterocycles. The molecule has 3 saturated carbocycles. The number of carbonyl (C=O) groups excluding carboxylic acids is 2. The number of rotatable bonds is 3. The molecule has 1 saturated heterocycles. The van der Waals surface area contributed by atoms with Crippen molar-refractivity contribution in [3.05, 3.63) is 11.8 Å². The number of ketones is 2. The van der Waals surface area contributed by atoms with Crippen molar-refractivity contribution < 1.29 is 9.59 Å². The molecule has 0 bridgehead atoms. The first-order valence-corrected chi connectivity index (χ1v) is 12.4. The van der Waals surface area contributed by atoms with E-state index in [0.717, 1.165) is 25.8 Å². The predicted molar refractivity (Wildman–Crippen MR) is 115 cm³/mol. The first kappa shape index (κ1) is 19.8. The Balaban J connectivity index is 1.34. The van der Waals surface area contributed by atoms with E-state index in [-0.39, 0.29) is 10.8 Å². The maximum atomic E-state index is 13.4. The fourth-order valence-electron chi connectivity index (χ4n) is 8.49. The van der Waals surface area contributed by atoms with Gasteiger partial charge >= 0.3 is 0 Å². The van der Waals surface area contributed by atoms with Gasteiger partial charge in [-0.05, 0) is 61.2 Å². The van der Waals surface area contributed by atoms with Gasteiger partial charge in [-0.2, -0.15) is 0 Å². The second-order valence-electron chi connectivity index (χ2n) is 11.5. The summed E-state index contributed by atoms with van der Waals surface area (Å²) in [7, 11) is 0. The Labute approximate surface area is 176 Å². The molecule has 5 rings (SSSR count). The lowest BCUT2D eigenvalue weighted by molar-refractivity contribution is -0.131. The van der Waals surface area contributed by atoms with Gasteiger partial charge in [0.15, 0.2) is 5.78 Å². The molecule has 6 atom stereocenters. The highest BCUT2D eigenvalue weighted by Crippen LogP contribution is 2.64. The minimum absolute atomic E-state index is 0.141. The number of carbonyl (C=O) groups is 2. The van der Waals surface area contributed by atoms with Crippen molar-refractivity contribution in [1.29, 1.82) is 0 Å². The fourth-order valence-corrected chi connectivity index (χ4v) is 8.49. The number of Topliss-reactive ketones (excluding diaryl/α,β-unsaturated/α-hetero) is 1. The maximum Gasteiger partial charge on any atom is 0.157 e. The van der Waals surface area contributed by atoms with Crippen LogP contribution in [0.25, 0.3) is 0 Å². The van der Waals surface area contributed by atoms with Gasteiger partial charge in [0, 0.05) is 42.5 Å². The van der Waals surface area contributed by atoms with Crippen molar-refractivity contribution in [3.63, 3.8) is 0 Å². The quantitative estimate of drug-likeness (QED) is 0.689. The molecule has 0 aromatic rings. The van der Waals surface area contributed by atoms with Crippen molar-refractivity contribution in [2.45, 2.75) is 90.9 Å². The number of allylic oxidation sites excluding steroid dienone is 2. The Kier molecular flexibility index (Phi) is 4.95. The van der Waals surface area contributed by atoms with Crippen LogP contribution >= 0.6 is 0 Å². The summed E-state index contributed by atoms with van der Waals surface area (Å²) in [5.41, 5.74) is 1.56. The normalized spacial score (nSPS) is 44.9. The molecule has 3 heteroatoms. The van der Waals surface area contributed by atoms with Gasteiger partial charge in [-0.3, -0.25) is 9.59 Å². The molecule has 160 valence electrons. The smallest absolute Gasteiger partial charge is 0.157 e. The number of piperidine rings is 1. The summed E-state index contributed by atoms with van der Waals surface area (Å²) in [5.74, 6) is 3.86. The average molecular weight is 398 g/mol. The van der Waals surface area contributed by atoms with Crippen molar-refractivity contribution in [2.75, 3.05) is 6.54 Å².